The normalized spacial score (nSPS) is 19.1. The zero-order valence-corrected chi connectivity index (χ0v) is 36.8. The third kappa shape index (κ3) is 9.51. The minimum atomic E-state index is -0.924. The molecule has 2 aromatic heterocycles. The number of nitrogens with one attached hydrogen (secondary N) is 4. The van der Waals surface area contributed by atoms with Gasteiger partial charge in [0.2, 0.25) is 17.8 Å². The zero-order chi connectivity index (χ0) is 45.1. The van der Waals surface area contributed by atoms with Crippen LogP contribution in [0.1, 0.15) is 97.5 Å². The van der Waals surface area contributed by atoms with Crippen LogP contribution in [0.15, 0.2) is 59.5 Å². The number of fused-ring (bicyclic) bond motifs is 2. The summed E-state index contributed by atoms with van der Waals surface area (Å²) in [5, 5.41) is 12.4. The summed E-state index contributed by atoms with van der Waals surface area (Å²) in [7, 11) is 1.52. The number of benzene rings is 2. The van der Waals surface area contributed by atoms with Gasteiger partial charge in [-0.3, -0.25) is 39.0 Å². The number of likely N-dealkylation sites (N-methyl/N-ethyl adjacent to an activating group) is 1. The third-order valence-electron chi connectivity index (χ3n) is 12.2. The number of amides is 5. The van der Waals surface area contributed by atoms with Crippen molar-refractivity contribution in [3.63, 3.8) is 0 Å². The topological polar surface area (TPSA) is 206 Å². The zero-order valence-electron chi connectivity index (χ0n) is 36.1. The van der Waals surface area contributed by atoms with E-state index >= 15 is 0 Å². The molecule has 4 aromatic rings. The molecule has 336 valence electrons. The number of aromatic nitrogens is 3. The van der Waals surface area contributed by atoms with Gasteiger partial charge in [-0.25, -0.2) is 4.98 Å². The van der Waals surface area contributed by atoms with Crippen molar-refractivity contribution in [1.82, 2.24) is 35.4 Å². The van der Waals surface area contributed by atoms with Gasteiger partial charge in [0, 0.05) is 50.2 Å². The van der Waals surface area contributed by atoms with Crippen LogP contribution in [0.3, 0.4) is 0 Å². The first-order valence-electron chi connectivity index (χ1n) is 21.9. The van der Waals surface area contributed by atoms with E-state index < -0.39 is 23.8 Å². The van der Waals surface area contributed by atoms with Gasteiger partial charge in [0.15, 0.2) is 18.2 Å². The van der Waals surface area contributed by atoms with E-state index in [0.29, 0.717) is 40.1 Å². The molecule has 5 aliphatic rings. The molecule has 2 aromatic carbocycles. The molecule has 0 spiro atoms. The number of imide groups is 2. The fraction of sp³-hybridized carbons (Fsp3) is 0.435. The summed E-state index contributed by atoms with van der Waals surface area (Å²) in [5.74, 6) is -0.976. The highest BCUT2D eigenvalue weighted by atomic mass is 35.5. The minimum absolute atomic E-state index is 0.107. The van der Waals surface area contributed by atoms with Crippen LogP contribution in [-0.2, 0) is 19.1 Å². The van der Waals surface area contributed by atoms with E-state index in [0.717, 1.165) is 78.1 Å². The highest BCUT2D eigenvalue weighted by Gasteiger charge is 2.44. The Kier molecular flexibility index (Phi) is 13.4. The predicted molar refractivity (Wildman–Crippen MR) is 241 cm³/mol. The van der Waals surface area contributed by atoms with E-state index in [9.17, 15) is 28.8 Å². The number of pyridine rings is 1. The second-order valence-corrected chi connectivity index (χ2v) is 17.2. The standard InChI is InChI=1S/C28H35ClN6O4.C18H17N3O4/c1-17(2)35-23-8-7-19(13-18(23)14-24(27(35)37)38-16-25(36)30-3)32-26-22(29)15-31-28(33-26)34-11-9-21(10-12-34)39-20-5-4-6-20;22-15-4-3-14(16(23)20-15)21-17(24)12-2-1-11(9-13(12)18(21)25)10-5-7-19-8-6-10/h7-8,13-15,17,20-21H,4-6,9-12,16H2,1-3H3,(H,30,36)(H,31,32,33);1-2,5,9,14,19H,3-4,6-8H2,(H,20,22,23). The minimum Gasteiger partial charge on any atom is -0.478 e. The molecule has 1 unspecified atom stereocenters. The lowest BCUT2D eigenvalue weighted by Crippen LogP contribution is -2.54. The van der Waals surface area contributed by atoms with Crippen molar-refractivity contribution in [1.29, 1.82) is 0 Å². The molecule has 3 fully saturated rings. The van der Waals surface area contributed by atoms with Gasteiger partial charge < -0.3 is 34.9 Å². The highest BCUT2D eigenvalue weighted by molar-refractivity contribution is 6.33. The molecule has 1 saturated carbocycles. The van der Waals surface area contributed by atoms with Crippen LogP contribution < -0.4 is 36.5 Å². The van der Waals surface area contributed by atoms with Gasteiger partial charge in [0.05, 0.1) is 35.0 Å². The molecule has 64 heavy (non-hydrogen) atoms. The fourth-order valence-electron chi connectivity index (χ4n) is 8.49. The Bertz CT molecular complexity index is 2580. The molecule has 0 bridgehead atoms. The largest absolute Gasteiger partial charge is 0.478 e. The number of nitrogens with zero attached hydrogens (tertiary/aromatic N) is 5. The lowest BCUT2D eigenvalue weighted by Gasteiger charge is -2.36. The molecule has 2 saturated heterocycles. The SMILES string of the molecule is CNC(=O)COc1cc2cc(Nc3nc(N4CCC(OC5CCC5)CC4)ncc3Cl)ccc2n(C(C)C)c1=O.O=C1CCC(N2C(=O)c3ccc(C4=CCNCC4)cc3C2=O)C(=O)N1. The average molecular weight is 894 g/mol. The summed E-state index contributed by atoms with van der Waals surface area (Å²) < 4.78 is 13.4. The van der Waals surface area contributed by atoms with Crippen LogP contribution >= 0.6 is 11.6 Å². The maximum absolute atomic E-state index is 13.1. The quantitative estimate of drug-likeness (QED) is 0.148. The smallest absolute Gasteiger partial charge is 0.293 e. The van der Waals surface area contributed by atoms with Crippen molar-refractivity contribution < 1.29 is 33.4 Å². The summed E-state index contributed by atoms with van der Waals surface area (Å²) in [6, 6.07) is 11.5. The van der Waals surface area contributed by atoms with E-state index in [4.69, 9.17) is 26.1 Å². The van der Waals surface area contributed by atoms with E-state index in [-0.39, 0.29) is 48.6 Å². The number of hydrogen-bond acceptors (Lipinski definition) is 13. The van der Waals surface area contributed by atoms with E-state index in [1.165, 1.54) is 26.3 Å². The Labute approximate surface area is 374 Å². The number of carbonyl (C=O) groups is 5. The first kappa shape index (κ1) is 44.4. The lowest BCUT2D eigenvalue weighted by molar-refractivity contribution is -0.136. The molecule has 9 rings (SSSR count). The highest BCUT2D eigenvalue weighted by Crippen LogP contribution is 2.33. The number of halogens is 1. The predicted octanol–water partition coefficient (Wildman–Crippen LogP) is 4.90. The van der Waals surface area contributed by atoms with Crippen molar-refractivity contribution in [2.24, 2.45) is 0 Å². The number of ether oxygens (including phenoxy) is 2. The molecular formula is C46H52ClN9O8. The molecule has 18 heteroatoms. The summed E-state index contributed by atoms with van der Waals surface area (Å²) >= 11 is 6.47. The Morgan fingerprint density at radius 3 is 2.39 bits per heavy atom. The van der Waals surface area contributed by atoms with Crippen LogP contribution in [-0.4, -0.2) is 107 Å². The van der Waals surface area contributed by atoms with Gasteiger partial charge in [0.25, 0.3) is 23.3 Å². The number of carbonyl (C=O) groups excluding carboxylic acids is 5. The summed E-state index contributed by atoms with van der Waals surface area (Å²) in [4.78, 5) is 85.9. The van der Waals surface area contributed by atoms with E-state index in [1.807, 2.05) is 38.1 Å². The van der Waals surface area contributed by atoms with Crippen LogP contribution in [0.2, 0.25) is 5.02 Å². The molecule has 4 aliphatic heterocycles. The Hall–Kier alpha value is -6.17. The molecular weight excluding hydrogens is 842 g/mol. The second kappa shape index (κ2) is 19.3. The lowest BCUT2D eigenvalue weighted by atomic mass is 9.95. The van der Waals surface area contributed by atoms with E-state index in [1.54, 1.807) is 29.0 Å². The molecule has 1 aliphatic carbocycles. The van der Waals surface area contributed by atoms with Gasteiger partial charge in [-0.05, 0) is 113 Å². The maximum atomic E-state index is 13.1. The summed E-state index contributed by atoms with van der Waals surface area (Å²) in [5.41, 5.74) is 3.92. The van der Waals surface area contributed by atoms with Gasteiger partial charge in [0.1, 0.15) is 11.1 Å². The average Bonchev–Trinajstić information content (AvgIpc) is 3.53. The van der Waals surface area contributed by atoms with Gasteiger partial charge >= 0.3 is 0 Å². The third-order valence-corrected chi connectivity index (χ3v) is 12.5. The van der Waals surface area contributed by atoms with Crippen molar-refractivity contribution in [3.8, 4) is 5.75 Å². The van der Waals surface area contributed by atoms with Crippen LogP contribution in [0.5, 0.6) is 5.75 Å². The Balaban J connectivity index is 0.000000192. The maximum Gasteiger partial charge on any atom is 0.293 e. The molecule has 6 heterocycles. The summed E-state index contributed by atoms with van der Waals surface area (Å²) in [6.07, 6.45) is 11.1. The van der Waals surface area contributed by atoms with Crippen molar-refractivity contribution in [2.75, 3.05) is 50.1 Å². The molecule has 5 amide bonds. The molecule has 1 atom stereocenters. The first-order chi connectivity index (χ1) is 30.9. The number of piperidine rings is 2. The molecule has 0 radical (unpaired) electrons. The fourth-order valence-corrected chi connectivity index (χ4v) is 8.63. The number of hydrogen-bond donors (Lipinski definition) is 4. The summed E-state index contributed by atoms with van der Waals surface area (Å²) in [6.45, 7) is 6.94. The van der Waals surface area contributed by atoms with Crippen molar-refractivity contribution in [3.05, 3.63) is 86.8 Å². The second-order valence-electron chi connectivity index (χ2n) is 16.8. The first-order valence-corrected chi connectivity index (χ1v) is 22.2. The van der Waals surface area contributed by atoms with Crippen LogP contribution in [0.25, 0.3) is 16.5 Å². The van der Waals surface area contributed by atoms with Gasteiger partial charge in [-0.1, -0.05) is 23.7 Å². The van der Waals surface area contributed by atoms with Crippen molar-refractivity contribution >= 4 is 75.1 Å². The van der Waals surface area contributed by atoms with Crippen LogP contribution in [0.4, 0.5) is 17.5 Å². The Morgan fingerprint density at radius 1 is 0.938 bits per heavy atom. The van der Waals surface area contributed by atoms with Crippen molar-refractivity contribution in [2.45, 2.75) is 89.5 Å². The van der Waals surface area contributed by atoms with Gasteiger partial charge in [-0.15, -0.1) is 0 Å². The van der Waals surface area contributed by atoms with E-state index in [2.05, 4.69) is 37.2 Å². The molecule has 4 N–H and O–H groups in total. The number of rotatable bonds is 11. The monoisotopic (exact) mass is 893 g/mol. The Morgan fingerprint density at radius 2 is 1.70 bits per heavy atom. The van der Waals surface area contributed by atoms with Gasteiger partial charge in [-0.2, -0.15) is 4.98 Å². The number of anilines is 3. The van der Waals surface area contributed by atoms with Crippen LogP contribution in [0, 0.1) is 0 Å². The molecule has 17 nitrogen and oxygen atoms in total.